The summed E-state index contributed by atoms with van der Waals surface area (Å²) in [4.78, 5) is 41.4. The maximum Gasteiger partial charge on any atom is 0.273 e. The molecule has 0 saturated heterocycles. The van der Waals surface area contributed by atoms with E-state index in [0.717, 1.165) is 31.2 Å². The van der Waals surface area contributed by atoms with Gasteiger partial charge in [-0.25, -0.2) is 0 Å². The molecule has 1 aliphatic carbocycles. The number of ether oxygens (including phenoxy) is 2. The lowest BCUT2D eigenvalue weighted by molar-refractivity contribution is -0.133. The van der Waals surface area contributed by atoms with Gasteiger partial charge in [0.25, 0.3) is 11.8 Å². The van der Waals surface area contributed by atoms with Gasteiger partial charge in [0.15, 0.2) is 17.2 Å². The molecule has 10 heteroatoms. The van der Waals surface area contributed by atoms with E-state index in [2.05, 4.69) is 15.7 Å². The van der Waals surface area contributed by atoms with Gasteiger partial charge in [0.1, 0.15) is 11.2 Å². The minimum absolute atomic E-state index is 0.122. The predicted octanol–water partition coefficient (Wildman–Crippen LogP) is 2.51. The Bertz CT molecular complexity index is 1140. The molecular formula is C26H35N5O5. The first-order valence-electron chi connectivity index (χ1n) is 12.5. The van der Waals surface area contributed by atoms with Crippen molar-refractivity contribution in [2.45, 2.75) is 70.6 Å². The number of rotatable bonds is 9. The van der Waals surface area contributed by atoms with Gasteiger partial charge in [-0.3, -0.25) is 19.1 Å². The van der Waals surface area contributed by atoms with Gasteiger partial charge >= 0.3 is 0 Å². The van der Waals surface area contributed by atoms with Crippen LogP contribution in [0.2, 0.25) is 0 Å². The second-order valence-corrected chi connectivity index (χ2v) is 9.59. The van der Waals surface area contributed by atoms with Gasteiger partial charge < -0.3 is 25.0 Å². The molecule has 2 aromatic rings. The van der Waals surface area contributed by atoms with Crippen molar-refractivity contribution in [3.63, 3.8) is 0 Å². The maximum atomic E-state index is 13.5. The molecule has 2 heterocycles. The first-order valence-corrected chi connectivity index (χ1v) is 12.5. The molecule has 2 aliphatic rings. The number of benzene rings is 1. The van der Waals surface area contributed by atoms with Gasteiger partial charge in [0.2, 0.25) is 5.91 Å². The van der Waals surface area contributed by atoms with Crippen LogP contribution in [0.5, 0.6) is 11.5 Å². The third-order valence-corrected chi connectivity index (χ3v) is 7.08. The van der Waals surface area contributed by atoms with E-state index >= 15 is 0 Å². The lowest BCUT2D eigenvalue weighted by atomic mass is 9.94. The van der Waals surface area contributed by atoms with E-state index < -0.39 is 11.4 Å². The fraction of sp³-hybridized carbons (Fsp3) is 0.538. The van der Waals surface area contributed by atoms with Crippen LogP contribution in [0.25, 0.3) is 0 Å². The first kappa shape index (κ1) is 25.5. The van der Waals surface area contributed by atoms with E-state index in [1.165, 1.54) is 10.7 Å². The van der Waals surface area contributed by atoms with E-state index in [-0.39, 0.29) is 36.6 Å². The molecule has 1 saturated carbocycles. The van der Waals surface area contributed by atoms with Crippen molar-refractivity contribution in [2.24, 2.45) is 0 Å². The minimum atomic E-state index is -1.09. The minimum Gasteiger partial charge on any atom is -0.493 e. The molecule has 1 aliphatic heterocycles. The SMILES string of the molecule is CCCN1C(=O)c2cc(C(=O)NCc3cccc(OC)c3OC)nn2CC1(C)C(=O)NC1CCCC1. The number of methoxy groups -OCH3 is 2. The van der Waals surface area contributed by atoms with Crippen LogP contribution in [0.1, 0.15) is 72.5 Å². The number of nitrogens with zero attached hydrogens (tertiary/aromatic N) is 3. The quantitative estimate of drug-likeness (QED) is 0.550. The van der Waals surface area contributed by atoms with Crippen molar-refractivity contribution in [3.05, 3.63) is 41.2 Å². The smallest absolute Gasteiger partial charge is 0.273 e. The molecule has 194 valence electrons. The van der Waals surface area contributed by atoms with Crippen molar-refractivity contribution >= 4 is 17.7 Å². The van der Waals surface area contributed by atoms with Crippen LogP contribution in [-0.2, 0) is 17.9 Å². The summed E-state index contributed by atoms with van der Waals surface area (Å²) in [5, 5.41) is 10.4. The van der Waals surface area contributed by atoms with E-state index in [1.54, 1.807) is 32.1 Å². The standard InChI is InChI=1S/C26H35N5O5/c1-5-13-30-24(33)20-14-19(23(32)27-15-17-9-8-12-21(35-3)22(17)36-4)29-31(20)16-26(30,2)25(34)28-18-10-6-7-11-18/h8-9,12,14,18H,5-7,10-11,13,15-16H2,1-4H3,(H,27,32)(H,28,34). The number of fused-ring (bicyclic) bond motifs is 1. The van der Waals surface area contributed by atoms with Gasteiger partial charge in [-0.2, -0.15) is 5.10 Å². The first-order chi connectivity index (χ1) is 17.3. The topological polar surface area (TPSA) is 115 Å². The number of hydrogen-bond acceptors (Lipinski definition) is 6. The number of para-hydroxylation sites is 1. The molecule has 4 rings (SSSR count). The third-order valence-electron chi connectivity index (χ3n) is 7.08. The van der Waals surface area contributed by atoms with Crippen LogP contribution in [0.3, 0.4) is 0 Å². The van der Waals surface area contributed by atoms with Gasteiger partial charge in [0, 0.05) is 30.8 Å². The molecule has 0 bridgehead atoms. The Morgan fingerprint density at radius 3 is 2.61 bits per heavy atom. The molecule has 2 N–H and O–H groups in total. The zero-order chi connectivity index (χ0) is 25.9. The highest BCUT2D eigenvalue weighted by Crippen LogP contribution is 2.31. The van der Waals surface area contributed by atoms with E-state index in [9.17, 15) is 14.4 Å². The largest absolute Gasteiger partial charge is 0.493 e. The Morgan fingerprint density at radius 1 is 1.19 bits per heavy atom. The van der Waals surface area contributed by atoms with E-state index in [4.69, 9.17) is 9.47 Å². The van der Waals surface area contributed by atoms with Gasteiger partial charge in [-0.15, -0.1) is 0 Å². The molecular weight excluding hydrogens is 462 g/mol. The number of nitrogens with one attached hydrogen (secondary N) is 2. The third kappa shape index (κ3) is 4.76. The number of amides is 3. The fourth-order valence-corrected chi connectivity index (χ4v) is 5.10. The van der Waals surface area contributed by atoms with E-state index in [1.807, 2.05) is 19.1 Å². The molecule has 1 unspecified atom stereocenters. The normalized spacial score (nSPS) is 19.7. The molecule has 1 aromatic carbocycles. The van der Waals surface area contributed by atoms with Crippen LogP contribution in [0, 0.1) is 0 Å². The number of hydrogen-bond donors (Lipinski definition) is 2. The second-order valence-electron chi connectivity index (χ2n) is 9.59. The summed E-state index contributed by atoms with van der Waals surface area (Å²) in [5.74, 6) is 0.215. The zero-order valence-electron chi connectivity index (χ0n) is 21.4. The van der Waals surface area contributed by atoms with Crippen molar-refractivity contribution in [3.8, 4) is 11.5 Å². The van der Waals surface area contributed by atoms with Crippen LogP contribution >= 0.6 is 0 Å². The lowest BCUT2D eigenvalue weighted by Gasteiger charge is -2.43. The Kier molecular flexibility index (Phi) is 7.51. The van der Waals surface area contributed by atoms with Crippen LogP contribution in [-0.4, -0.2) is 64.7 Å². The Balaban J connectivity index is 1.54. The molecule has 1 atom stereocenters. The highest BCUT2D eigenvalue weighted by atomic mass is 16.5. The fourth-order valence-electron chi connectivity index (χ4n) is 5.10. The van der Waals surface area contributed by atoms with Gasteiger partial charge in [-0.1, -0.05) is 31.9 Å². The monoisotopic (exact) mass is 497 g/mol. The number of aromatic nitrogens is 2. The Morgan fingerprint density at radius 2 is 1.94 bits per heavy atom. The van der Waals surface area contributed by atoms with Crippen molar-refractivity contribution in [1.29, 1.82) is 0 Å². The Labute approximate surface area is 211 Å². The van der Waals surface area contributed by atoms with Crippen molar-refractivity contribution < 1.29 is 23.9 Å². The number of carbonyl (C=O) groups excluding carboxylic acids is 3. The highest BCUT2D eigenvalue weighted by Gasteiger charge is 2.48. The van der Waals surface area contributed by atoms with Gasteiger partial charge in [-0.05, 0) is 32.3 Å². The van der Waals surface area contributed by atoms with Crippen LogP contribution in [0.4, 0.5) is 0 Å². The summed E-state index contributed by atoms with van der Waals surface area (Å²) in [6.45, 7) is 4.57. The van der Waals surface area contributed by atoms with Crippen molar-refractivity contribution in [2.75, 3.05) is 20.8 Å². The summed E-state index contributed by atoms with van der Waals surface area (Å²) in [6.07, 6.45) is 4.82. The lowest BCUT2D eigenvalue weighted by Crippen LogP contribution is -2.65. The summed E-state index contributed by atoms with van der Waals surface area (Å²) >= 11 is 0. The zero-order valence-corrected chi connectivity index (χ0v) is 21.4. The average molecular weight is 498 g/mol. The predicted molar refractivity (Wildman–Crippen MR) is 133 cm³/mol. The molecule has 3 amide bonds. The summed E-state index contributed by atoms with van der Waals surface area (Å²) in [6, 6.07) is 7.07. The van der Waals surface area contributed by atoms with Crippen LogP contribution < -0.4 is 20.1 Å². The number of carbonyl (C=O) groups is 3. The molecule has 0 radical (unpaired) electrons. The molecule has 10 nitrogen and oxygen atoms in total. The molecule has 1 fully saturated rings. The molecule has 36 heavy (non-hydrogen) atoms. The van der Waals surface area contributed by atoms with Gasteiger partial charge in [0.05, 0.1) is 20.8 Å². The Hall–Kier alpha value is -3.56. The summed E-state index contributed by atoms with van der Waals surface area (Å²) < 4.78 is 12.2. The summed E-state index contributed by atoms with van der Waals surface area (Å²) in [7, 11) is 3.09. The second kappa shape index (κ2) is 10.6. The average Bonchev–Trinajstić information content (AvgIpc) is 3.54. The maximum absolute atomic E-state index is 13.5. The van der Waals surface area contributed by atoms with Crippen LogP contribution in [0.15, 0.2) is 24.3 Å². The highest BCUT2D eigenvalue weighted by molar-refractivity contribution is 6.02. The molecule has 0 spiro atoms. The summed E-state index contributed by atoms with van der Waals surface area (Å²) in [5.41, 5.74) is 0.0856. The molecule has 1 aromatic heterocycles. The van der Waals surface area contributed by atoms with Crippen molar-refractivity contribution in [1.82, 2.24) is 25.3 Å². The van der Waals surface area contributed by atoms with E-state index in [0.29, 0.717) is 30.2 Å².